The molecule has 1 unspecified atom stereocenters. The van der Waals surface area contributed by atoms with Crippen LogP contribution in [-0.4, -0.2) is 32.3 Å². The van der Waals surface area contributed by atoms with Crippen LogP contribution in [0.3, 0.4) is 0 Å². The Morgan fingerprint density at radius 3 is 2.94 bits per heavy atom. The Labute approximate surface area is 105 Å². The van der Waals surface area contributed by atoms with Crippen LogP contribution >= 0.6 is 0 Å². The van der Waals surface area contributed by atoms with Gasteiger partial charge in [-0.1, -0.05) is 0 Å². The van der Waals surface area contributed by atoms with Crippen molar-refractivity contribution in [3.05, 3.63) is 24.0 Å². The molecule has 0 fully saturated rings. The number of methoxy groups -OCH3 is 1. The predicted octanol–water partition coefficient (Wildman–Crippen LogP) is 1.40. The molecule has 0 aliphatic heterocycles. The smallest absolute Gasteiger partial charge is 0.250 e. The number of nitrogens with one attached hydrogen (secondary N) is 1. The van der Waals surface area contributed by atoms with Crippen LogP contribution in [0.2, 0.25) is 0 Å². The first kappa shape index (κ1) is 14.4. The summed E-state index contributed by atoms with van der Waals surface area (Å²) in [5.41, 5.74) is 5.92. The van der Waals surface area contributed by atoms with Gasteiger partial charge in [0.2, 0.25) is 5.91 Å². The number of carbonyl (C=O) groups excluding carboxylic acids is 1. The van der Waals surface area contributed by atoms with Crippen LogP contribution in [0.15, 0.2) is 18.2 Å². The van der Waals surface area contributed by atoms with Crippen molar-refractivity contribution in [3.8, 4) is 0 Å². The van der Waals surface area contributed by atoms with Crippen LogP contribution in [0.5, 0.6) is 0 Å². The summed E-state index contributed by atoms with van der Waals surface area (Å²) < 4.78 is 23.4. The maximum absolute atomic E-state index is 13.3. The van der Waals surface area contributed by atoms with Crippen LogP contribution in [-0.2, 0) is 14.3 Å². The molecule has 0 aromatic heterocycles. The molecular formula is C12H17FN2O3. The van der Waals surface area contributed by atoms with Crippen LogP contribution in [0.1, 0.15) is 6.92 Å². The van der Waals surface area contributed by atoms with E-state index in [0.29, 0.717) is 12.3 Å². The third-order valence-electron chi connectivity index (χ3n) is 2.16. The van der Waals surface area contributed by atoms with Crippen molar-refractivity contribution in [2.75, 3.05) is 31.4 Å². The summed E-state index contributed by atoms with van der Waals surface area (Å²) >= 11 is 0. The molecule has 1 rings (SSSR count). The molecule has 0 spiro atoms. The van der Waals surface area contributed by atoms with E-state index in [0.717, 1.165) is 0 Å². The van der Waals surface area contributed by atoms with Crippen molar-refractivity contribution >= 4 is 17.3 Å². The van der Waals surface area contributed by atoms with Gasteiger partial charge in [-0.3, -0.25) is 4.79 Å². The second-order valence-electron chi connectivity index (χ2n) is 3.86. The average Bonchev–Trinajstić information content (AvgIpc) is 2.32. The monoisotopic (exact) mass is 256 g/mol. The maximum atomic E-state index is 13.3. The lowest BCUT2D eigenvalue weighted by atomic mass is 10.2. The number of ether oxygens (including phenoxy) is 2. The first-order valence-corrected chi connectivity index (χ1v) is 5.48. The van der Waals surface area contributed by atoms with E-state index in [1.807, 2.05) is 0 Å². The quantitative estimate of drug-likeness (QED) is 0.754. The lowest BCUT2D eigenvalue weighted by Gasteiger charge is -2.12. The molecule has 6 heteroatoms. The van der Waals surface area contributed by atoms with E-state index in [2.05, 4.69) is 5.32 Å². The summed E-state index contributed by atoms with van der Waals surface area (Å²) in [5, 5.41) is 2.39. The zero-order chi connectivity index (χ0) is 13.5. The highest BCUT2D eigenvalue weighted by Crippen LogP contribution is 2.17. The number of benzene rings is 1. The van der Waals surface area contributed by atoms with Crippen LogP contribution in [0, 0.1) is 5.82 Å². The number of hydrogen-bond acceptors (Lipinski definition) is 4. The summed E-state index contributed by atoms with van der Waals surface area (Å²) in [5.74, 6) is -0.982. The van der Waals surface area contributed by atoms with Gasteiger partial charge in [0.05, 0.1) is 18.4 Å². The van der Waals surface area contributed by atoms with Crippen molar-refractivity contribution < 1.29 is 18.7 Å². The Hall–Kier alpha value is -1.66. The number of rotatable bonds is 6. The van der Waals surface area contributed by atoms with Crippen molar-refractivity contribution in [2.24, 2.45) is 0 Å². The van der Waals surface area contributed by atoms with Gasteiger partial charge in [-0.15, -0.1) is 0 Å². The minimum Gasteiger partial charge on any atom is -0.399 e. The normalized spacial score (nSPS) is 12.2. The number of hydrogen-bond donors (Lipinski definition) is 2. The summed E-state index contributed by atoms with van der Waals surface area (Å²) in [4.78, 5) is 11.5. The van der Waals surface area contributed by atoms with Gasteiger partial charge in [0.25, 0.3) is 0 Å². The molecule has 1 atom stereocenters. The van der Waals surface area contributed by atoms with Gasteiger partial charge in [0, 0.05) is 12.8 Å². The Kier molecular flexibility index (Phi) is 5.54. The fourth-order valence-corrected chi connectivity index (χ4v) is 1.33. The maximum Gasteiger partial charge on any atom is 0.250 e. The molecule has 0 aliphatic carbocycles. The second-order valence-corrected chi connectivity index (χ2v) is 3.86. The molecule has 5 nitrogen and oxygen atoms in total. The van der Waals surface area contributed by atoms with Gasteiger partial charge >= 0.3 is 0 Å². The number of carbonyl (C=O) groups is 1. The van der Waals surface area contributed by atoms with E-state index in [9.17, 15) is 9.18 Å². The molecule has 0 aliphatic rings. The molecule has 0 heterocycles. The molecule has 1 amide bonds. The third-order valence-corrected chi connectivity index (χ3v) is 2.16. The van der Waals surface area contributed by atoms with Gasteiger partial charge < -0.3 is 20.5 Å². The number of halogens is 1. The molecule has 0 radical (unpaired) electrons. The molecule has 1 aromatic carbocycles. The van der Waals surface area contributed by atoms with Gasteiger partial charge in [-0.25, -0.2) is 4.39 Å². The second kappa shape index (κ2) is 6.93. The molecular weight excluding hydrogens is 239 g/mol. The Bertz CT molecular complexity index is 412. The van der Waals surface area contributed by atoms with Gasteiger partial charge in [-0.2, -0.15) is 0 Å². The standard InChI is InChI=1S/C12H17FN2O3/c1-8(6-17-2)18-7-12(16)15-11-5-9(14)3-4-10(11)13/h3-5,8H,6-7,14H2,1-2H3,(H,15,16). The molecule has 0 saturated carbocycles. The largest absolute Gasteiger partial charge is 0.399 e. The van der Waals surface area contributed by atoms with E-state index < -0.39 is 11.7 Å². The highest BCUT2D eigenvalue weighted by atomic mass is 19.1. The lowest BCUT2D eigenvalue weighted by molar-refractivity contribution is -0.123. The highest BCUT2D eigenvalue weighted by Gasteiger charge is 2.09. The molecule has 18 heavy (non-hydrogen) atoms. The summed E-state index contributed by atoms with van der Waals surface area (Å²) in [6, 6.07) is 3.97. The minimum absolute atomic E-state index is 0.0444. The zero-order valence-corrected chi connectivity index (χ0v) is 10.4. The minimum atomic E-state index is -0.539. The van der Waals surface area contributed by atoms with Crippen LogP contribution in [0.4, 0.5) is 15.8 Å². The average molecular weight is 256 g/mol. The lowest BCUT2D eigenvalue weighted by Crippen LogP contribution is -2.24. The first-order chi connectivity index (χ1) is 8.52. The number of amides is 1. The van der Waals surface area contributed by atoms with Crippen molar-refractivity contribution in [3.63, 3.8) is 0 Å². The van der Waals surface area contributed by atoms with E-state index in [1.165, 1.54) is 18.2 Å². The molecule has 0 saturated heterocycles. The summed E-state index contributed by atoms with van der Waals surface area (Å²) in [6.07, 6.45) is -0.202. The highest BCUT2D eigenvalue weighted by molar-refractivity contribution is 5.92. The molecule has 100 valence electrons. The van der Waals surface area contributed by atoms with Crippen LogP contribution < -0.4 is 11.1 Å². The first-order valence-electron chi connectivity index (χ1n) is 5.48. The van der Waals surface area contributed by atoms with Gasteiger partial charge in [-0.05, 0) is 25.1 Å². The molecule has 1 aromatic rings. The van der Waals surface area contributed by atoms with E-state index in [-0.39, 0.29) is 18.4 Å². The summed E-state index contributed by atoms with van der Waals surface area (Å²) in [6.45, 7) is 2.00. The van der Waals surface area contributed by atoms with Crippen molar-refractivity contribution in [2.45, 2.75) is 13.0 Å². The Morgan fingerprint density at radius 1 is 1.56 bits per heavy atom. The van der Waals surface area contributed by atoms with Crippen molar-refractivity contribution in [1.82, 2.24) is 0 Å². The fraction of sp³-hybridized carbons (Fsp3) is 0.417. The Balaban J connectivity index is 2.47. The number of anilines is 2. The van der Waals surface area contributed by atoms with Crippen molar-refractivity contribution in [1.29, 1.82) is 0 Å². The Morgan fingerprint density at radius 2 is 2.28 bits per heavy atom. The van der Waals surface area contributed by atoms with E-state index in [4.69, 9.17) is 15.2 Å². The zero-order valence-electron chi connectivity index (χ0n) is 10.4. The SMILES string of the molecule is COCC(C)OCC(=O)Nc1cc(N)ccc1F. The number of nitrogens with two attached hydrogens (primary N) is 1. The fourth-order valence-electron chi connectivity index (χ4n) is 1.33. The third kappa shape index (κ3) is 4.68. The van der Waals surface area contributed by atoms with Gasteiger partial charge in [0.1, 0.15) is 12.4 Å². The predicted molar refractivity (Wildman–Crippen MR) is 66.7 cm³/mol. The van der Waals surface area contributed by atoms with Gasteiger partial charge in [0.15, 0.2) is 0 Å². The van der Waals surface area contributed by atoms with E-state index in [1.54, 1.807) is 14.0 Å². The molecule has 0 bridgehead atoms. The van der Waals surface area contributed by atoms with Crippen LogP contribution in [0.25, 0.3) is 0 Å². The molecule has 3 N–H and O–H groups in total. The topological polar surface area (TPSA) is 73.6 Å². The number of nitrogen functional groups attached to an aromatic ring is 1. The summed E-state index contributed by atoms with van der Waals surface area (Å²) in [7, 11) is 1.54. The van der Waals surface area contributed by atoms with E-state index >= 15 is 0 Å².